The first kappa shape index (κ1) is 9.85. The fourth-order valence-corrected chi connectivity index (χ4v) is 1.18. The van der Waals surface area contributed by atoms with Crippen LogP contribution in [0.3, 0.4) is 0 Å². The van der Waals surface area contributed by atoms with Crippen LogP contribution in [0.25, 0.3) is 0 Å². The summed E-state index contributed by atoms with van der Waals surface area (Å²) in [6.45, 7) is 0. The van der Waals surface area contributed by atoms with E-state index in [0.717, 1.165) is 0 Å². The lowest BCUT2D eigenvalue weighted by Gasteiger charge is -2.09. The van der Waals surface area contributed by atoms with Crippen LogP contribution in [0.2, 0.25) is 0 Å². The van der Waals surface area contributed by atoms with Crippen LogP contribution in [0.15, 0.2) is 18.2 Å². The highest BCUT2D eigenvalue weighted by Gasteiger charge is 2.17. The van der Waals surface area contributed by atoms with E-state index in [1.54, 1.807) is 0 Å². The van der Waals surface area contributed by atoms with Crippen molar-refractivity contribution in [3.8, 4) is 5.75 Å². The van der Waals surface area contributed by atoms with Crippen LogP contribution in [-0.2, 0) is 4.57 Å². The Morgan fingerprint density at radius 3 is 2.46 bits per heavy atom. The van der Waals surface area contributed by atoms with Crippen LogP contribution < -0.4 is 16.0 Å². The Morgan fingerprint density at radius 2 is 1.92 bits per heavy atom. The Bertz CT molecular complexity index is 362. The van der Waals surface area contributed by atoms with E-state index in [9.17, 15) is 4.57 Å². The molecule has 13 heavy (non-hydrogen) atoms. The molecular formula is C6H9N2O4P. The molecule has 6 N–H and O–H groups in total. The quantitative estimate of drug-likeness (QED) is 0.407. The summed E-state index contributed by atoms with van der Waals surface area (Å²) in [6, 6.07) is 4.31. The number of phosphoric acid groups is 1. The lowest BCUT2D eigenvalue weighted by Crippen LogP contribution is -1.99. The molecule has 0 aliphatic carbocycles. The molecule has 0 saturated carbocycles. The summed E-state index contributed by atoms with van der Waals surface area (Å²) < 4.78 is 14.7. The maximum Gasteiger partial charge on any atom is 0.524 e. The van der Waals surface area contributed by atoms with E-state index >= 15 is 0 Å². The van der Waals surface area contributed by atoms with Crippen molar-refractivity contribution in [2.45, 2.75) is 0 Å². The fraction of sp³-hybridized carbons (Fsp3) is 0. The van der Waals surface area contributed by atoms with Crippen molar-refractivity contribution < 1.29 is 18.9 Å². The number of hydrogen-bond donors (Lipinski definition) is 4. The number of anilines is 2. The molecule has 1 rings (SSSR count). The Balaban J connectivity index is 3.03. The van der Waals surface area contributed by atoms with E-state index in [4.69, 9.17) is 21.3 Å². The molecule has 1 aromatic carbocycles. The molecule has 0 aromatic heterocycles. The minimum absolute atomic E-state index is 0.0193. The Kier molecular flexibility index (Phi) is 2.47. The number of nitrogens with two attached hydrogens (primary N) is 2. The Morgan fingerprint density at radius 1 is 1.31 bits per heavy atom. The summed E-state index contributed by atoms with van der Waals surface area (Å²) >= 11 is 0. The normalized spacial score (nSPS) is 11.2. The molecule has 0 bridgehead atoms. The highest BCUT2D eigenvalue weighted by Crippen LogP contribution is 2.41. The van der Waals surface area contributed by atoms with Gasteiger partial charge in [0.05, 0.1) is 11.4 Å². The van der Waals surface area contributed by atoms with Gasteiger partial charge in [0.25, 0.3) is 0 Å². The van der Waals surface area contributed by atoms with Gasteiger partial charge in [-0.1, -0.05) is 6.07 Å². The van der Waals surface area contributed by atoms with Gasteiger partial charge in [0.2, 0.25) is 0 Å². The first-order valence-corrected chi connectivity index (χ1v) is 4.82. The lowest BCUT2D eigenvalue weighted by molar-refractivity contribution is 0.284. The topological polar surface area (TPSA) is 119 Å². The minimum atomic E-state index is -4.57. The van der Waals surface area contributed by atoms with Gasteiger partial charge in [-0.3, -0.25) is 9.79 Å². The van der Waals surface area contributed by atoms with Gasteiger partial charge in [-0.15, -0.1) is 0 Å². The highest BCUT2D eigenvalue weighted by atomic mass is 31.2. The average Bonchev–Trinajstić information content (AvgIpc) is 1.96. The third-order valence-electron chi connectivity index (χ3n) is 1.32. The second kappa shape index (κ2) is 3.26. The molecule has 0 radical (unpaired) electrons. The van der Waals surface area contributed by atoms with Crippen molar-refractivity contribution in [1.82, 2.24) is 0 Å². The second-order valence-corrected chi connectivity index (χ2v) is 3.50. The summed E-state index contributed by atoms with van der Waals surface area (Å²) in [5, 5.41) is 0. The maximum atomic E-state index is 10.4. The van der Waals surface area contributed by atoms with Crippen LogP contribution in [0.5, 0.6) is 5.75 Å². The van der Waals surface area contributed by atoms with Crippen LogP contribution in [0, 0.1) is 0 Å². The first-order chi connectivity index (χ1) is 5.90. The zero-order chi connectivity index (χ0) is 10.1. The zero-order valence-corrected chi connectivity index (χ0v) is 7.44. The van der Waals surface area contributed by atoms with E-state index in [1.165, 1.54) is 18.2 Å². The summed E-state index contributed by atoms with van der Waals surface area (Å²) in [6.07, 6.45) is 0. The van der Waals surface area contributed by atoms with Crippen LogP contribution in [0.4, 0.5) is 11.4 Å². The first-order valence-electron chi connectivity index (χ1n) is 3.29. The smallest absolute Gasteiger partial charge is 0.402 e. The molecule has 0 aliphatic heterocycles. The summed E-state index contributed by atoms with van der Waals surface area (Å²) in [4.78, 5) is 17.0. The lowest BCUT2D eigenvalue weighted by atomic mass is 10.2. The molecule has 0 fully saturated rings. The van der Waals surface area contributed by atoms with Gasteiger partial charge in [-0.2, -0.15) is 0 Å². The van der Waals surface area contributed by atoms with E-state index in [-0.39, 0.29) is 17.1 Å². The monoisotopic (exact) mass is 204 g/mol. The molecule has 0 unspecified atom stereocenters. The van der Waals surface area contributed by atoms with Crippen molar-refractivity contribution >= 4 is 19.2 Å². The minimum Gasteiger partial charge on any atom is -0.402 e. The predicted octanol–water partition coefficient (Wildman–Crippen LogP) is 0.323. The van der Waals surface area contributed by atoms with Gasteiger partial charge in [0.1, 0.15) is 0 Å². The third-order valence-corrected chi connectivity index (χ3v) is 1.75. The zero-order valence-electron chi connectivity index (χ0n) is 6.54. The van der Waals surface area contributed by atoms with Crippen LogP contribution in [0.1, 0.15) is 0 Å². The predicted molar refractivity (Wildman–Crippen MR) is 47.9 cm³/mol. The molecular weight excluding hydrogens is 195 g/mol. The largest absolute Gasteiger partial charge is 0.524 e. The second-order valence-electron chi connectivity index (χ2n) is 2.34. The summed E-state index contributed by atoms with van der Waals surface area (Å²) in [7, 11) is -4.57. The van der Waals surface area contributed by atoms with Crippen LogP contribution >= 0.6 is 7.82 Å². The van der Waals surface area contributed by atoms with E-state index in [0.29, 0.717) is 0 Å². The van der Waals surface area contributed by atoms with Gasteiger partial charge >= 0.3 is 7.82 Å². The molecule has 0 heterocycles. The standard InChI is InChI=1S/C6H9N2O4P/c7-4-2-1-3-5(6(4)8)12-13(9,10)11/h1-3H,7-8H2,(H2,9,10,11). The van der Waals surface area contributed by atoms with E-state index in [2.05, 4.69) is 4.52 Å². The van der Waals surface area contributed by atoms with Crippen molar-refractivity contribution in [2.75, 3.05) is 11.5 Å². The molecule has 1 aromatic rings. The SMILES string of the molecule is Nc1cccc(OP(=O)(O)O)c1N. The molecule has 0 atom stereocenters. The number of hydrogen-bond acceptors (Lipinski definition) is 4. The average molecular weight is 204 g/mol. The van der Waals surface area contributed by atoms with Gasteiger partial charge < -0.3 is 16.0 Å². The maximum absolute atomic E-state index is 10.4. The molecule has 0 saturated heterocycles. The number of para-hydroxylation sites is 1. The van der Waals surface area contributed by atoms with Crippen molar-refractivity contribution in [3.05, 3.63) is 18.2 Å². The molecule has 0 amide bonds. The molecule has 6 nitrogen and oxygen atoms in total. The molecule has 72 valence electrons. The van der Waals surface area contributed by atoms with Gasteiger partial charge in [0, 0.05) is 0 Å². The molecule has 0 aliphatic rings. The summed E-state index contributed by atoms with van der Waals surface area (Å²) in [5.41, 5.74) is 11.0. The van der Waals surface area contributed by atoms with Crippen LogP contribution in [-0.4, -0.2) is 9.79 Å². The number of phosphoric ester groups is 1. The number of rotatable bonds is 2. The summed E-state index contributed by atoms with van der Waals surface area (Å²) in [5.74, 6) is -0.117. The van der Waals surface area contributed by atoms with E-state index in [1.807, 2.05) is 0 Å². The van der Waals surface area contributed by atoms with Gasteiger partial charge in [-0.25, -0.2) is 4.57 Å². The van der Waals surface area contributed by atoms with Crippen molar-refractivity contribution in [3.63, 3.8) is 0 Å². The third kappa shape index (κ3) is 2.62. The van der Waals surface area contributed by atoms with Crippen molar-refractivity contribution in [1.29, 1.82) is 0 Å². The highest BCUT2D eigenvalue weighted by molar-refractivity contribution is 7.46. The molecule has 7 heteroatoms. The fourth-order valence-electron chi connectivity index (χ4n) is 0.769. The number of nitrogen functional groups attached to an aromatic ring is 2. The van der Waals surface area contributed by atoms with E-state index < -0.39 is 7.82 Å². The van der Waals surface area contributed by atoms with Crippen molar-refractivity contribution in [2.24, 2.45) is 0 Å². The number of benzene rings is 1. The van der Waals surface area contributed by atoms with Gasteiger partial charge in [0.15, 0.2) is 5.75 Å². The Hall–Kier alpha value is -1.23. The molecule has 0 spiro atoms. The Labute approximate surface area is 74.4 Å². The van der Waals surface area contributed by atoms with Gasteiger partial charge in [-0.05, 0) is 12.1 Å².